The molecule has 11 heteroatoms. The second-order valence-electron chi connectivity index (χ2n) is 17.1. The number of carbonyl (C=O) groups is 5. The van der Waals surface area contributed by atoms with Crippen molar-refractivity contribution in [1.29, 1.82) is 0 Å². The minimum atomic E-state index is -0.626. The molecule has 0 aromatic heterocycles. The van der Waals surface area contributed by atoms with Crippen molar-refractivity contribution in [1.82, 2.24) is 24.9 Å². The fourth-order valence-corrected chi connectivity index (χ4v) is 8.66. The molecule has 11 nitrogen and oxygen atoms in total. The predicted molar refractivity (Wildman–Crippen MR) is 199 cm³/mol. The van der Waals surface area contributed by atoms with Gasteiger partial charge in [0.2, 0.25) is 11.8 Å². The molecule has 1 aromatic rings. The average molecular weight is 720 g/mol. The molecule has 5 aliphatic rings. The van der Waals surface area contributed by atoms with Gasteiger partial charge in [0.1, 0.15) is 24.0 Å². The van der Waals surface area contributed by atoms with Gasteiger partial charge in [-0.15, -0.1) is 0 Å². The lowest BCUT2D eigenvalue weighted by molar-refractivity contribution is -0.136. The Morgan fingerprint density at radius 3 is 2.25 bits per heavy atom. The maximum atomic E-state index is 14.1. The highest BCUT2D eigenvalue weighted by atomic mass is 16.6. The van der Waals surface area contributed by atoms with Crippen molar-refractivity contribution in [2.24, 2.45) is 11.8 Å². The van der Waals surface area contributed by atoms with Crippen LogP contribution in [0.25, 0.3) is 0 Å². The molecule has 0 radical (unpaired) electrons. The number of carbonyl (C=O) groups excluding carboxylic acids is 5. The molecule has 3 saturated heterocycles. The van der Waals surface area contributed by atoms with Crippen LogP contribution in [0.4, 0.5) is 4.79 Å². The van der Waals surface area contributed by atoms with Crippen molar-refractivity contribution in [2.45, 2.75) is 128 Å². The standard InChI is InChI=1S/C41H61N5O6/c1-41(2,3)52-40(51)46(34-14-15-34)28-36(48)45-20-8-13-33(27-45)31-11-7-12-32(25-31)38(49)42-37(30-9-5-4-6-10-30)39(50)44-23-16-29(17-24-44)26-43-21-18-35(47)19-22-43/h7,11-12,25,29-30,33-34,37H,4-6,8-10,13-24,26-28H2,1-3H3,(H,42,49)/t33?,37-/m1/s1. The van der Waals surface area contributed by atoms with Crippen LogP contribution in [0, 0.1) is 11.8 Å². The number of ether oxygens (including phenoxy) is 1. The topological polar surface area (TPSA) is 120 Å². The van der Waals surface area contributed by atoms with Crippen LogP contribution in [-0.4, -0.2) is 119 Å². The van der Waals surface area contributed by atoms with Gasteiger partial charge in [0.15, 0.2) is 0 Å². The van der Waals surface area contributed by atoms with E-state index in [1.165, 1.54) is 6.42 Å². The van der Waals surface area contributed by atoms with Gasteiger partial charge in [0, 0.05) is 76.2 Å². The lowest BCUT2D eigenvalue weighted by Gasteiger charge is -2.39. The van der Waals surface area contributed by atoms with Crippen LogP contribution >= 0.6 is 0 Å². The summed E-state index contributed by atoms with van der Waals surface area (Å²) < 4.78 is 5.61. The number of hydrogen-bond acceptors (Lipinski definition) is 7. The molecule has 0 bridgehead atoms. The van der Waals surface area contributed by atoms with Crippen molar-refractivity contribution in [3.05, 3.63) is 35.4 Å². The van der Waals surface area contributed by atoms with E-state index in [4.69, 9.17) is 4.74 Å². The zero-order valence-corrected chi connectivity index (χ0v) is 31.8. The van der Waals surface area contributed by atoms with E-state index in [0.29, 0.717) is 56.3 Å². The molecule has 2 atom stereocenters. The van der Waals surface area contributed by atoms with Crippen molar-refractivity contribution in [2.75, 3.05) is 52.4 Å². The summed E-state index contributed by atoms with van der Waals surface area (Å²) in [5.41, 5.74) is 0.925. The molecule has 4 amide bonds. The van der Waals surface area contributed by atoms with Crippen molar-refractivity contribution < 1.29 is 28.7 Å². The third-order valence-corrected chi connectivity index (χ3v) is 11.8. The number of benzene rings is 1. The molecule has 52 heavy (non-hydrogen) atoms. The number of nitrogens with one attached hydrogen (secondary N) is 1. The lowest BCUT2D eigenvalue weighted by Crippen LogP contribution is -2.54. The van der Waals surface area contributed by atoms with Crippen LogP contribution < -0.4 is 5.32 Å². The van der Waals surface area contributed by atoms with Crippen LogP contribution in [0.3, 0.4) is 0 Å². The Balaban J connectivity index is 1.06. The number of rotatable bonds is 10. The molecule has 2 aliphatic carbocycles. The summed E-state index contributed by atoms with van der Waals surface area (Å²) in [5.74, 6) is 0.843. The Hall–Kier alpha value is -3.47. The number of piperidine rings is 3. The highest BCUT2D eigenvalue weighted by Crippen LogP contribution is 2.32. The first-order valence-electron chi connectivity index (χ1n) is 20.1. The molecule has 286 valence electrons. The maximum Gasteiger partial charge on any atom is 0.411 e. The van der Waals surface area contributed by atoms with E-state index in [0.717, 1.165) is 89.4 Å². The van der Waals surface area contributed by atoms with E-state index < -0.39 is 17.7 Å². The second-order valence-corrected chi connectivity index (χ2v) is 17.1. The van der Waals surface area contributed by atoms with E-state index in [-0.39, 0.29) is 42.1 Å². The summed E-state index contributed by atoms with van der Waals surface area (Å²) in [6, 6.07) is 7.21. The quantitative estimate of drug-likeness (QED) is 0.345. The molecule has 3 heterocycles. The number of likely N-dealkylation sites (tertiary alicyclic amines) is 3. The van der Waals surface area contributed by atoms with Crippen molar-refractivity contribution in [3.8, 4) is 0 Å². The van der Waals surface area contributed by atoms with Crippen molar-refractivity contribution in [3.63, 3.8) is 0 Å². The Morgan fingerprint density at radius 1 is 0.865 bits per heavy atom. The summed E-state index contributed by atoms with van der Waals surface area (Å²) in [6.07, 6.45) is 11.5. The number of amides is 4. The molecule has 1 N–H and O–H groups in total. The predicted octanol–water partition coefficient (Wildman–Crippen LogP) is 5.37. The van der Waals surface area contributed by atoms with Crippen molar-refractivity contribution >= 4 is 29.6 Å². The smallest absolute Gasteiger partial charge is 0.411 e. The first-order chi connectivity index (χ1) is 24.9. The van der Waals surface area contributed by atoms with Crippen LogP contribution in [0.5, 0.6) is 0 Å². The number of hydrogen-bond donors (Lipinski definition) is 1. The van der Waals surface area contributed by atoms with Gasteiger partial charge in [-0.25, -0.2) is 4.79 Å². The summed E-state index contributed by atoms with van der Waals surface area (Å²) >= 11 is 0. The monoisotopic (exact) mass is 719 g/mol. The van der Waals surface area contributed by atoms with Crippen LogP contribution in [0.15, 0.2) is 24.3 Å². The summed E-state index contributed by atoms with van der Waals surface area (Å²) in [7, 11) is 0. The molecule has 2 saturated carbocycles. The third kappa shape index (κ3) is 10.4. The highest BCUT2D eigenvalue weighted by Gasteiger charge is 2.39. The lowest BCUT2D eigenvalue weighted by atomic mass is 9.82. The van der Waals surface area contributed by atoms with E-state index in [9.17, 15) is 24.0 Å². The number of nitrogens with zero attached hydrogens (tertiary/aromatic N) is 4. The molecule has 1 unspecified atom stereocenters. The van der Waals surface area contributed by atoms with Gasteiger partial charge >= 0.3 is 6.09 Å². The van der Waals surface area contributed by atoms with E-state index in [1.54, 1.807) is 4.90 Å². The van der Waals surface area contributed by atoms with E-state index in [1.807, 2.05) is 54.8 Å². The first kappa shape index (κ1) is 38.3. The largest absolute Gasteiger partial charge is 0.444 e. The van der Waals surface area contributed by atoms with Crippen LogP contribution in [0.2, 0.25) is 0 Å². The Labute approximate surface area is 310 Å². The van der Waals surface area contributed by atoms with Gasteiger partial charge in [-0.1, -0.05) is 31.4 Å². The van der Waals surface area contributed by atoms with Gasteiger partial charge in [-0.05, 0) is 102 Å². The zero-order chi connectivity index (χ0) is 36.8. The summed E-state index contributed by atoms with van der Waals surface area (Å²) in [6.45, 7) is 10.8. The fraction of sp³-hybridized carbons (Fsp3) is 0.732. The van der Waals surface area contributed by atoms with E-state index >= 15 is 0 Å². The molecule has 3 aliphatic heterocycles. The number of Topliss-reactive ketones (excluding diaryl/α,β-unsaturated/α-hetero) is 1. The normalized spacial score (nSPS) is 23.2. The van der Waals surface area contributed by atoms with Gasteiger partial charge < -0.3 is 24.8 Å². The first-order valence-corrected chi connectivity index (χ1v) is 20.1. The van der Waals surface area contributed by atoms with Gasteiger partial charge in [0.05, 0.1) is 0 Å². The Bertz CT molecular complexity index is 1430. The average Bonchev–Trinajstić information content (AvgIpc) is 3.99. The molecule has 1 aromatic carbocycles. The molecular formula is C41H61N5O6. The minimum absolute atomic E-state index is 0.0175. The zero-order valence-electron chi connectivity index (χ0n) is 31.8. The molecule has 0 spiro atoms. The molecule has 6 rings (SSSR count). The van der Waals surface area contributed by atoms with Gasteiger partial charge in [-0.3, -0.25) is 24.1 Å². The number of ketones is 1. The van der Waals surface area contributed by atoms with Crippen LogP contribution in [0.1, 0.15) is 126 Å². The SMILES string of the molecule is CC(C)(C)OC(=O)N(CC(=O)N1CCCC(c2cccc(C(=O)N[C@@H](C(=O)N3CCC(CN4CCC(=O)CC4)CC3)C3CCCCC3)c2)C1)C1CC1. The molecule has 5 fully saturated rings. The fourth-order valence-electron chi connectivity index (χ4n) is 8.66. The van der Waals surface area contributed by atoms with E-state index in [2.05, 4.69) is 10.2 Å². The molecular weight excluding hydrogens is 658 g/mol. The van der Waals surface area contributed by atoms with Gasteiger partial charge in [0.25, 0.3) is 5.91 Å². The maximum absolute atomic E-state index is 14.1. The van der Waals surface area contributed by atoms with Gasteiger partial charge in [-0.2, -0.15) is 0 Å². The summed E-state index contributed by atoms with van der Waals surface area (Å²) in [4.78, 5) is 74.0. The minimum Gasteiger partial charge on any atom is -0.444 e. The summed E-state index contributed by atoms with van der Waals surface area (Å²) in [5, 5.41) is 3.22. The highest BCUT2D eigenvalue weighted by molar-refractivity contribution is 5.98. The Morgan fingerprint density at radius 2 is 1.58 bits per heavy atom. The van der Waals surface area contributed by atoms with Crippen LogP contribution in [-0.2, 0) is 19.1 Å². The third-order valence-electron chi connectivity index (χ3n) is 11.8. The Kier molecular flexibility index (Phi) is 12.6. The second kappa shape index (κ2) is 17.1.